The van der Waals surface area contributed by atoms with Gasteiger partial charge in [-0.2, -0.15) is 0 Å². The Bertz CT molecular complexity index is 162. The Morgan fingerprint density at radius 1 is 1.00 bits per heavy atom. The third-order valence-corrected chi connectivity index (χ3v) is 10.2. The van der Waals surface area contributed by atoms with Gasteiger partial charge in [0, 0.05) is 16.8 Å². The monoisotopic (exact) mass is 231 g/mol. The van der Waals surface area contributed by atoms with E-state index in [0.717, 1.165) is 0 Å². The van der Waals surface area contributed by atoms with Gasteiger partial charge in [-0.25, -0.2) is 0 Å². The molecule has 0 aliphatic heterocycles. The van der Waals surface area contributed by atoms with Crippen LogP contribution < -0.4 is 0 Å². The number of nitrogens with zero attached hydrogens (tertiary/aromatic N) is 1. The highest BCUT2D eigenvalue weighted by Crippen LogP contribution is 2.18. The van der Waals surface area contributed by atoms with Gasteiger partial charge in [0.1, 0.15) is 16.5 Å². The summed E-state index contributed by atoms with van der Waals surface area (Å²) in [6, 6.07) is 0. The molecule has 0 heterocycles. The average Bonchev–Trinajstić information content (AvgIpc) is 1.81. The Morgan fingerprint density at radius 2 is 1.38 bits per heavy atom. The molecular weight excluding hydrogens is 206 g/mol. The molecule has 0 aromatic rings. The molecule has 0 radical (unpaired) electrons. The van der Waals surface area contributed by atoms with Gasteiger partial charge in [0.2, 0.25) is 0 Å². The zero-order valence-corrected chi connectivity index (χ0v) is 14.3. The summed E-state index contributed by atoms with van der Waals surface area (Å²) in [4.78, 5) is 0. The van der Waals surface area contributed by atoms with Gasteiger partial charge < -0.3 is 4.23 Å². The van der Waals surface area contributed by atoms with E-state index in [2.05, 4.69) is 55.3 Å². The van der Waals surface area contributed by atoms with E-state index >= 15 is 0 Å². The van der Waals surface area contributed by atoms with E-state index in [1.54, 1.807) is 0 Å². The van der Waals surface area contributed by atoms with Gasteiger partial charge >= 0.3 is 0 Å². The molecule has 0 N–H and O–H groups in total. The van der Waals surface area contributed by atoms with Crippen molar-refractivity contribution in [2.75, 3.05) is 6.54 Å². The quantitative estimate of drug-likeness (QED) is 0.668. The second-order valence-corrected chi connectivity index (χ2v) is 16.4. The lowest BCUT2D eigenvalue weighted by Gasteiger charge is -2.42. The highest BCUT2D eigenvalue weighted by Gasteiger charge is 2.32. The minimum absolute atomic E-state index is 1.10. The number of hydrogen-bond donors (Lipinski definition) is 0. The van der Waals surface area contributed by atoms with Crippen molar-refractivity contribution in [2.45, 2.75) is 39.3 Å². The summed E-state index contributed by atoms with van der Waals surface area (Å²) in [5.74, 6) is 0. The molecule has 0 saturated carbocycles. The first-order chi connectivity index (χ1) is 5.69. The summed E-state index contributed by atoms with van der Waals surface area (Å²) in [5.41, 5.74) is 2.30. The van der Waals surface area contributed by atoms with Crippen LogP contribution in [0.3, 0.4) is 0 Å². The summed E-state index contributed by atoms with van der Waals surface area (Å²) < 4.78 is 2.80. The van der Waals surface area contributed by atoms with Crippen LogP contribution in [0.1, 0.15) is 0 Å². The predicted octanol–water partition coefficient (Wildman–Crippen LogP) is 1.84. The Kier molecular flexibility index (Phi) is 4.85. The van der Waals surface area contributed by atoms with Gasteiger partial charge in [-0.3, -0.25) is 0 Å². The molecule has 0 aliphatic carbocycles. The topological polar surface area (TPSA) is 3.24 Å². The lowest BCUT2D eigenvalue weighted by molar-refractivity contribution is 0.688. The molecular formula is C9H25NSi3. The maximum Gasteiger partial charge on any atom is 0.112 e. The molecule has 13 heavy (non-hydrogen) atoms. The van der Waals surface area contributed by atoms with Crippen molar-refractivity contribution in [3.05, 3.63) is 11.8 Å². The van der Waals surface area contributed by atoms with Crippen LogP contribution in [0.2, 0.25) is 39.3 Å². The van der Waals surface area contributed by atoms with E-state index in [1.165, 1.54) is 16.8 Å². The van der Waals surface area contributed by atoms with Crippen LogP contribution in [0.15, 0.2) is 11.8 Å². The van der Waals surface area contributed by atoms with Crippen LogP contribution in [0, 0.1) is 0 Å². The minimum Gasteiger partial charge on any atom is -0.343 e. The summed E-state index contributed by atoms with van der Waals surface area (Å²) >= 11 is 0. The molecule has 0 saturated heterocycles. The molecule has 0 unspecified atom stereocenters. The van der Waals surface area contributed by atoms with Gasteiger partial charge in [-0.05, 0) is 0 Å². The lowest BCUT2D eigenvalue weighted by Crippen LogP contribution is -2.58. The molecule has 0 amide bonds. The Morgan fingerprint density at radius 3 is 1.62 bits per heavy atom. The van der Waals surface area contributed by atoms with Crippen molar-refractivity contribution < 1.29 is 0 Å². The number of hydrogen-bond acceptors (Lipinski definition) is 1. The lowest BCUT2D eigenvalue weighted by atomic mass is 10.7. The second kappa shape index (κ2) is 4.73. The van der Waals surface area contributed by atoms with E-state index in [9.17, 15) is 0 Å². The van der Waals surface area contributed by atoms with E-state index in [1.807, 2.05) is 0 Å². The van der Waals surface area contributed by atoms with Crippen LogP contribution >= 0.6 is 0 Å². The molecule has 1 nitrogen and oxygen atoms in total. The van der Waals surface area contributed by atoms with Crippen molar-refractivity contribution in [2.24, 2.45) is 0 Å². The van der Waals surface area contributed by atoms with E-state index in [4.69, 9.17) is 0 Å². The Balaban J connectivity index is 4.57. The van der Waals surface area contributed by atoms with E-state index in [0.29, 0.717) is 0 Å². The van der Waals surface area contributed by atoms with Crippen LogP contribution in [0.5, 0.6) is 0 Å². The molecule has 0 aromatic heterocycles. The zero-order chi connectivity index (χ0) is 10.7. The highest BCUT2D eigenvalue weighted by molar-refractivity contribution is 6.89. The molecule has 0 fully saturated rings. The molecule has 0 aromatic carbocycles. The van der Waals surface area contributed by atoms with Crippen LogP contribution in [0.25, 0.3) is 0 Å². The van der Waals surface area contributed by atoms with Crippen LogP contribution in [0.4, 0.5) is 0 Å². The van der Waals surface area contributed by atoms with Crippen molar-refractivity contribution in [1.29, 1.82) is 0 Å². The largest absolute Gasteiger partial charge is 0.343 e. The van der Waals surface area contributed by atoms with Crippen molar-refractivity contribution >= 4 is 26.7 Å². The predicted molar refractivity (Wildman–Crippen MR) is 72.5 cm³/mol. The SMILES string of the molecule is C[Si](C)(C)N(CC=C[SiH3])[Si](C)(C)C. The fraction of sp³-hybridized carbons (Fsp3) is 0.778. The third kappa shape index (κ3) is 4.95. The van der Waals surface area contributed by atoms with Gasteiger partial charge in [-0.1, -0.05) is 45.4 Å². The minimum atomic E-state index is -1.10. The van der Waals surface area contributed by atoms with E-state index in [-0.39, 0.29) is 0 Å². The number of rotatable bonds is 4. The second-order valence-electron chi connectivity index (χ2n) is 5.52. The smallest absolute Gasteiger partial charge is 0.112 e. The molecule has 0 bridgehead atoms. The summed E-state index contributed by atoms with van der Waals surface area (Å²) in [7, 11) is -1.01. The van der Waals surface area contributed by atoms with Gasteiger partial charge in [0.15, 0.2) is 0 Å². The van der Waals surface area contributed by atoms with Gasteiger partial charge in [0.05, 0.1) is 0 Å². The maximum atomic E-state index is 2.80. The van der Waals surface area contributed by atoms with Crippen molar-refractivity contribution in [3.63, 3.8) is 0 Å². The standard InChI is InChI=1S/C9H25NSi3/c1-12(2,3)10(8-7-9-11)13(4,5)6/h7,9H,8H2,1-6,11H3. The summed E-state index contributed by atoms with van der Waals surface area (Å²) in [5, 5.41) is 0. The summed E-state index contributed by atoms with van der Waals surface area (Å²) in [6.07, 6.45) is 2.35. The fourth-order valence-corrected chi connectivity index (χ4v) is 11.3. The molecule has 0 atom stereocenters. The zero-order valence-electron chi connectivity index (χ0n) is 10.3. The molecule has 0 rings (SSSR count). The average molecular weight is 232 g/mol. The van der Waals surface area contributed by atoms with Gasteiger partial charge in [0.25, 0.3) is 0 Å². The van der Waals surface area contributed by atoms with Crippen molar-refractivity contribution in [1.82, 2.24) is 4.23 Å². The molecule has 0 spiro atoms. The summed E-state index contributed by atoms with van der Waals surface area (Å²) in [6.45, 7) is 15.9. The molecule has 0 aliphatic rings. The third-order valence-electron chi connectivity index (χ3n) is 2.14. The first-order valence-corrected chi connectivity index (χ1v) is 13.1. The molecule has 78 valence electrons. The fourth-order valence-electron chi connectivity index (χ4n) is 1.76. The molecule has 4 heteroatoms. The van der Waals surface area contributed by atoms with E-state index < -0.39 is 16.5 Å². The maximum absolute atomic E-state index is 2.80. The van der Waals surface area contributed by atoms with Crippen molar-refractivity contribution in [3.8, 4) is 0 Å². The van der Waals surface area contributed by atoms with Gasteiger partial charge in [-0.15, -0.1) is 5.70 Å². The first kappa shape index (κ1) is 13.4. The Labute approximate surface area is 88.8 Å². The Hall–Kier alpha value is 0.351. The van der Waals surface area contributed by atoms with Crippen LogP contribution in [-0.2, 0) is 0 Å². The normalized spacial score (nSPS) is 14.7. The first-order valence-electron chi connectivity index (χ1n) is 5.08. The highest BCUT2D eigenvalue weighted by atomic mass is 28.4. The van der Waals surface area contributed by atoms with Crippen LogP contribution in [-0.4, -0.2) is 37.5 Å².